The van der Waals surface area contributed by atoms with E-state index in [4.69, 9.17) is 0 Å². The van der Waals surface area contributed by atoms with Crippen molar-refractivity contribution in [2.45, 2.75) is 37.0 Å². The molecule has 150 valence electrons. The van der Waals surface area contributed by atoms with Gasteiger partial charge in [-0.05, 0) is 55.9 Å². The zero-order valence-corrected chi connectivity index (χ0v) is 16.5. The molecule has 7 nitrogen and oxygen atoms in total. The molecule has 0 amide bonds. The SMILES string of the molecule is O=[N+]([O-])c1ccccc1S(=O)(=O)NCCCc1ccc(N2CCCCC2)cc1. The molecule has 1 heterocycles. The van der Waals surface area contributed by atoms with E-state index in [9.17, 15) is 18.5 Å². The van der Waals surface area contributed by atoms with Gasteiger partial charge in [-0.2, -0.15) is 0 Å². The standard InChI is InChI=1S/C20H25N3O4S/c24-23(25)19-8-2-3-9-20(19)28(26,27)21-14-6-7-17-10-12-18(13-11-17)22-15-4-1-5-16-22/h2-3,8-13,21H,1,4-7,14-16H2. The highest BCUT2D eigenvalue weighted by atomic mass is 32.2. The van der Waals surface area contributed by atoms with Gasteiger partial charge >= 0.3 is 0 Å². The minimum absolute atomic E-state index is 0.224. The third kappa shape index (κ3) is 5.08. The number of piperidine rings is 1. The van der Waals surface area contributed by atoms with Crippen LogP contribution in [0.4, 0.5) is 11.4 Å². The lowest BCUT2D eigenvalue weighted by atomic mass is 10.1. The largest absolute Gasteiger partial charge is 0.372 e. The molecule has 0 unspecified atom stereocenters. The fourth-order valence-corrected chi connectivity index (χ4v) is 4.68. The second-order valence-corrected chi connectivity index (χ2v) is 8.68. The van der Waals surface area contributed by atoms with Gasteiger partial charge in [0.15, 0.2) is 4.90 Å². The molecular weight excluding hydrogens is 378 g/mol. The first-order chi connectivity index (χ1) is 13.5. The first-order valence-corrected chi connectivity index (χ1v) is 11.0. The lowest BCUT2D eigenvalue weighted by Crippen LogP contribution is -2.29. The van der Waals surface area contributed by atoms with Crippen molar-refractivity contribution in [1.29, 1.82) is 0 Å². The summed E-state index contributed by atoms with van der Waals surface area (Å²) in [6, 6.07) is 13.8. The fraction of sp³-hybridized carbons (Fsp3) is 0.400. The number of hydrogen-bond donors (Lipinski definition) is 1. The minimum atomic E-state index is -3.91. The number of nitrogens with zero attached hydrogens (tertiary/aromatic N) is 2. The van der Waals surface area contributed by atoms with Gasteiger partial charge in [0, 0.05) is 31.4 Å². The van der Waals surface area contributed by atoms with Crippen LogP contribution in [-0.4, -0.2) is 33.0 Å². The highest BCUT2D eigenvalue weighted by Crippen LogP contribution is 2.23. The molecule has 3 rings (SSSR count). The molecule has 28 heavy (non-hydrogen) atoms. The van der Waals surface area contributed by atoms with Gasteiger partial charge in [-0.3, -0.25) is 10.1 Å². The quantitative estimate of drug-likeness (QED) is 0.414. The van der Waals surface area contributed by atoms with Crippen molar-refractivity contribution in [3.8, 4) is 0 Å². The molecule has 1 aliphatic rings. The summed E-state index contributed by atoms with van der Waals surface area (Å²) < 4.78 is 27.2. The van der Waals surface area contributed by atoms with Crippen LogP contribution in [0.5, 0.6) is 0 Å². The van der Waals surface area contributed by atoms with E-state index in [1.165, 1.54) is 49.2 Å². The number of aryl methyl sites for hydroxylation is 1. The molecule has 0 aliphatic carbocycles. The predicted molar refractivity (Wildman–Crippen MR) is 109 cm³/mol. The normalized spacial score (nSPS) is 14.8. The van der Waals surface area contributed by atoms with Crippen LogP contribution in [0.2, 0.25) is 0 Å². The van der Waals surface area contributed by atoms with E-state index in [-0.39, 0.29) is 11.4 Å². The molecule has 8 heteroatoms. The molecule has 0 radical (unpaired) electrons. The summed E-state index contributed by atoms with van der Waals surface area (Å²) in [7, 11) is -3.91. The Balaban J connectivity index is 1.52. The molecule has 1 saturated heterocycles. The van der Waals surface area contributed by atoms with Gasteiger partial charge in [-0.15, -0.1) is 0 Å². The molecule has 0 atom stereocenters. The van der Waals surface area contributed by atoms with Crippen LogP contribution in [0.15, 0.2) is 53.4 Å². The molecule has 2 aromatic rings. The van der Waals surface area contributed by atoms with Crippen molar-refractivity contribution in [1.82, 2.24) is 4.72 Å². The number of para-hydroxylation sites is 1. The minimum Gasteiger partial charge on any atom is -0.372 e. The van der Waals surface area contributed by atoms with E-state index < -0.39 is 20.6 Å². The Morgan fingerprint density at radius 3 is 2.36 bits per heavy atom. The number of rotatable bonds is 8. The van der Waals surface area contributed by atoms with Crippen LogP contribution in [0.25, 0.3) is 0 Å². The molecule has 0 bridgehead atoms. The topological polar surface area (TPSA) is 92.5 Å². The summed E-state index contributed by atoms with van der Waals surface area (Å²) in [4.78, 5) is 12.4. The molecule has 1 fully saturated rings. The molecule has 0 aromatic heterocycles. The molecule has 2 aromatic carbocycles. The van der Waals surface area contributed by atoms with Gasteiger partial charge < -0.3 is 4.90 Å². The van der Waals surface area contributed by atoms with E-state index in [1.54, 1.807) is 0 Å². The number of sulfonamides is 1. The maximum absolute atomic E-state index is 12.4. The molecule has 1 N–H and O–H groups in total. The molecular formula is C20H25N3O4S. The number of anilines is 1. The van der Waals surface area contributed by atoms with Crippen LogP contribution in [0, 0.1) is 10.1 Å². The van der Waals surface area contributed by atoms with Crippen LogP contribution in [-0.2, 0) is 16.4 Å². The van der Waals surface area contributed by atoms with Gasteiger partial charge in [0.25, 0.3) is 5.69 Å². The van der Waals surface area contributed by atoms with Gasteiger partial charge in [0.1, 0.15) is 0 Å². The van der Waals surface area contributed by atoms with Crippen LogP contribution in [0.3, 0.4) is 0 Å². The Hall–Kier alpha value is -2.45. The Morgan fingerprint density at radius 2 is 1.68 bits per heavy atom. The number of nitro benzene ring substituents is 1. The van der Waals surface area contributed by atoms with Gasteiger partial charge in [0.05, 0.1) is 4.92 Å². The Labute approximate surface area is 165 Å². The maximum atomic E-state index is 12.4. The zero-order chi connectivity index (χ0) is 20.0. The fourth-order valence-electron chi connectivity index (χ4n) is 3.44. The monoisotopic (exact) mass is 403 g/mol. The summed E-state index contributed by atoms with van der Waals surface area (Å²) in [6.45, 7) is 2.43. The first kappa shape index (κ1) is 20.3. The van der Waals surface area contributed by atoms with Crippen molar-refractivity contribution in [2.24, 2.45) is 0 Å². The first-order valence-electron chi connectivity index (χ1n) is 9.54. The number of nitro groups is 1. The van der Waals surface area contributed by atoms with Crippen molar-refractivity contribution in [3.63, 3.8) is 0 Å². The van der Waals surface area contributed by atoms with Crippen molar-refractivity contribution in [2.75, 3.05) is 24.5 Å². The van der Waals surface area contributed by atoms with Crippen molar-refractivity contribution >= 4 is 21.4 Å². The van der Waals surface area contributed by atoms with Gasteiger partial charge in [-0.25, -0.2) is 13.1 Å². The van der Waals surface area contributed by atoms with E-state index in [0.717, 1.165) is 25.1 Å². The summed E-state index contributed by atoms with van der Waals surface area (Å²) >= 11 is 0. The van der Waals surface area contributed by atoms with E-state index in [0.29, 0.717) is 6.42 Å². The van der Waals surface area contributed by atoms with Gasteiger partial charge in [-0.1, -0.05) is 24.3 Å². The third-order valence-corrected chi connectivity index (χ3v) is 6.45. The van der Waals surface area contributed by atoms with Crippen LogP contribution >= 0.6 is 0 Å². The smallest absolute Gasteiger partial charge is 0.289 e. The third-order valence-electron chi connectivity index (χ3n) is 4.94. The highest BCUT2D eigenvalue weighted by Gasteiger charge is 2.24. The summed E-state index contributed by atoms with van der Waals surface area (Å²) in [5.74, 6) is 0. The summed E-state index contributed by atoms with van der Waals surface area (Å²) in [5, 5.41) is 11.0. The van der Waals surface area contributed by atoms with E-state index in [1.807, 2.05) is 0 Å². The van der Waals surface area contributed by atoms with E-state index >= 15 is 0 Å². The number of nitrogens with one attached hydrogen (secondary N) is 1. The van der Waals surface area contributed by atoms with Crippen LogP contribution < -0.4 is 9.62 Å². The van der Waals surface area contributed by atoms with Crippen LogP contribution in [0.1, 0.15) is 31.2 Å². The molecule has 1 aliphatic heterocycles. The summed E-state index contributed by atoms with van der Waals surface area (Å²) in [6.07, 6.45) is 5.13. The predicted octanol–water partition coefficient (Wildman–Crippen LogP) is 3.50. The Morgan fingerprint density at radius 1 is 1.00 bits per heavy atom. The van der Waals surface area contributed by atoms with E-state index in [2.05, 4.69) is 33.9 Å². The number of benzene rings is 2. The lowest BCUT2D eigenvalue weighted by molar-refractivity contribution is -0.387. The van der Waals surface area contributed by atoms with Crippen molar-refractivity contribution < 1.29 is 13.3 Å². The maximum Gasteiger partial charge on any atom is 0.289 e. The molecule has 0 spiro atoms. The Kier molecular flexibility index (Phi) is 6.64. The zero-order valence-electron chi connectivity index (χ0n) is 15.7. The average Bonchev–Trinajstić information content (AvgIpc) is 2.72. The van der Waals surface area contributed by atoms with Crippen molar-refractivity contribution in [3.05, 3.63) is 64.2 Å². The summed E-state index contributed by atoms with van der Waals surface area (Å²) in [5.41, 5.74) is 1.97. The Bertz CT molecular complexity index is 907. The second-order valence-electron chi connectivity index (χ2n) is 6.94. The highest BCUT2D eigenvalue weighted by molar-refractivity contribution is 7.89. The lowest BCUT2D eigenvalue weighted by Gasteiger charge is -2.28. The van der Waals surface area contributed by atoms with Gasteiger partial charge in [0.2, 0.25) is 10.0 Å². The second kappa shape index (κ2) is 9.16. The average molecular weight is 404 g/mol. The molecule has 0 saturated carbocycles. The number of hydrogen-bond acceptors (Lipinski definition) is 5.